The van der Waals surface area contributed by atoms with Crippen LogP contribution in [-0.2, 0) is 9.84 Å². The van der Waals surface area contributed by atoms with E-state index in [-0.39, 0.29) is 17.7 Å². The van der Waals surface area contributed by atoms with Crippen molar-refractivity contribution in [3.63, 3.8) is 0 Å². The molecule has 1 atom stereocenters. The summed E-state index contributed by atoms with van der Waals surface area (Å²) in [4.78, 5) is 0.388. The average molecular weight is 269 g/mol. The second-order valence-electron chi connectivity index (χ2n) is 5.07. The van der Waals surface area contributed by atoms with Gasteiger partial charge in [0, 0.05) is 6.04 Å². The van der Waals surface area contributed by atoms with Gasteiger partial charge in [0.2, 0.25) is 0 Å². The molecule has 1 heterocycles. The first-order chi connectivity index (χ1) is 8.36. The normalized spacial score (nSPS) is 21.3. The third-order valence-electron chi connectivity index (χ3n) is 3.38. The fraction of sp³-hybridized carbons (Fsp3) is 0.538. The molecule has 100 valence electrons. The monoisotopic (exact) mass is 269 g/mol. The van der Waals surface area contributed by atoms with Crippen LogP contribution in [0.2, 0.25) is 0 Å². The van der Waals surface area contributed by atoms with E-state index in [1.54, 1.807) is 19.2 Å². The number of nitrogens with one attached hydrogen (secondary N) is 1. The zero-order chi connectivity index (χ0) is 13.5. The maximum Gasteiger partial charge on any atom is 0.182 e. The van der Waals surface area contributed by atoms with Crippen molar-refractivity contribution < 1.29 is 13.2 Å². The minimum absolute atomic E-state index is 0.0711. The largest absolute Gasteiger partial charge is 0.495 e. The fourth-order valence-electron chi connectivity index (χ4n) is 2.28. The number of methoxy groups -OCH3 is 1. The highest BCUT2D eigenvalue weighted by Crippen LogP contribution is 2.39. The molecule has 0 aromatic heterocycles. The zero-order valence-electron chi connectivity index (χ0n) is 11.1. The quantitative estimate of drug-likeness (QED) is 0.894. The first-order valence-electron chi connectivity index (χ1n) is 6.03. The van der Waals surface area contributed by atoms with Gasteiger partial charge in [0.15, 0.2) is 9.84 Å². The molecule has 1 N–H and O–H groups in total. The molecule has 0 saturated heterocycles. The molecule has 18 heavy (non-hydrogen) atoms. The second kappa shape index (κ2) is 4.46. The van der Waals surface area contributed by atoms with Crippen LogP contribution >= 0.6 is 0 Å². The van der Waals surface area contributed by atoms with Crippen molar-refractivity contribution in [2.45, 2.75) is 31.7 Å². The summed E-state index contributed by atoms with van der Waals surface area (Å²) < 4.78 is 30.0. The number of aryl methyl sites for hydroxylation is 1. The highest BCUT2D eigenvalue weighted by Gasteiger charge is 2.34. The Kier molecular flexibility index (Phi) is 3.27. The lowest BCUT2D eigenvalue weighted by Gasteiger charge is -2.31. The smallest absolute Gasteiger partial charge is 0.182 e. The molecular weight excluding hydrogens is 250 g/mol. The van der Waals surface area contributed by atoms with Crippen molar-refractivity contribution in [1.82, 2.24) is 0 Å². The van der Waals surface area contributed by atoms with Gasteiger partial charge in [-0.25, -0.2) is 8.42 Å². The zero-order valence-corrected chi connectivity index (χ0v) is 12.0. The summed E-state index contributed by atoms with van der Waals surface area (Å²) in [5, 5.41) is 3.31. The topological polar surface area (TPSA) is 55.4 Å². The molecule has 0 radical (unpaired) electrons. The number of anilines is 1. The number of hydrogen-bond donors (Lipinski definition) is 1. The van der Waals surface area contributed by atoms with Gasteiger partial charge in [-0.05, 0) is 24.5 Å². The number of sulfone groups is 1. The van der Waals surface area contributed by atoms with Crippen LogP contribution < -0.4 is 10.1 Å². The van der Waals surface area contributed by atoms with E-state index in [1.807, 2.05) is 20.8 Å². The molecule has 0 bridgehead atoms. The Morgan fingerprint density at radius 3 is 2.61 bits per heavy atom. The Morgan fingerprint density at radius 1 is 1.39 bits per heavy atom. The summed E-state index contributed by atoms with van der Waals surface area (Å²) in [5.41, 5.74) is 1.38. The molecule has 0 aliphatic carbocycles. The van der Waals surface area contributed by atoms with Crippen molar-refractivity contribution in [3.05, 3.63) is 17.7 Å². The van der Waals surface area contributed by atoms with Gasteiger partial charge in [-0.15, -0.1) is 0 Å². The lowest BCUT2D eigenvalue weighted by molar-refractivity contribution is 0.412. The lowest BCUT2D eigenvalue weighted by atomic mass is 10.0. The van der Waals surface area contributed by atoms with Gasteiger partial charge in [0.1, 0.15) is 5.75 Å². The minimum atomic E-state index is -3.24. The molecule has 1 unspecified atom stereocenters. The number of hydrogen-bond acceptors (Lipinski definition) is 4. The summed E-state index contributed by atoms with van der Waals surface area (Å²) in [6.07, 6.45) is 0. The summed E-state index contributed by atoms with van der Waals surface area (Å²) in [7, 11) is -1.69. The molecular formula is C13H19NO3S. The SMILES string of the molecule is COc1ccc(C)c2c1NC(C(C)C)CS2(=O)=O. The highest BCUT2D eigenvalue weighted by atomic mass is 32.2. The van der Waals surface area contributed by atoms with E-state index in [1.165, 1.54) is 0 Å². The van der Waals surface area contributed by atoms with Gasteiger partial charge in [0.05, 0.1) is 23.4 Å². The molecule has 5 heteroatoms. The standard InChI is InChI=1S/C13H19NO3S/c1-8(2)10-7-18(15,16)13-9(3)5-6-11(17-4)12(13)14-10/h5-6,8,10,14H,7H2,1-4H3. The third kappa shape index (κ3) is 2.07. The molecule has 1 aliphatic rings. The second-order valence-corrected chi connectivity index (χ2v) is 7.04. The van der Waals surface area contributed by atoms with Crippen molar-refractivity contribution in [1.29, 1.82) is 0 Å². The lowest BCUT2D eigenvalue weighted by Crippen LogP contribution is -2.38. The predicted octanol–water partition coefficient (Wildman–Crippen LogP) is 2.23. The van der Waals surface area contributed by atoms with Crippen molar-refractivity contribution in [2.75, 3.05) is 18.2 Å². The van der Waals surface area contributed by atoms with E-state index in [0.717, 1.165) is 5.56 Å². The minimum Gasteiger partial charge on any atom is -0.495 e. The van der Waals surface area contributed by atoms with Crippen LogP contribution in [0.25, 0.3) is 0 Å². The Hall–Kier alpha value is -1.23. The Morgan fingerprint density at radius 2 is 2.06 bits per heavy atom. The predicted molar refractivity (Wildman–Crippen MR) is 72.0 cm³/mol. The van der Waals surface area contributed by atoms with Crippen molar-refractivity contribution >= 4 is 15.5 Å². The third-order valence-corrected chi connectivity index (χ3v) is 5.33. The molecule has 1 aromatic rings. The number of fused-ring (bicyclic) bond motifs is 1. The Balaban J connectivity index is 2.65. The van der Waals surface area contributed by atoms with Crippen LogP contribution in [0.1, 0.15) is 19.4 Å². The van der Waals surface area contributed by atoms with Crippen LogP contribution in [0.3, 0.4) is 0 Å². The maximum absolute atomic E-state index is 12.4. The molecule has 0 amide bonds. The van der Waals surface area contributed by atoms with E-state index in [9.17, 15) is 8.42 Å². The first-order valence-corrected chi connectivity index (χ1v) is 7.69. The van der Waals surface area contributed by atoms with E-state index in [2.05, 4.69) is 5.32 Å². The molecule has 4 nitrogen and oxygen atoms in total. The molecule has 0 saturated carbocycles. The molecule has 0 fully saturated rings. The number of benzene rings is 1. The molecule has 0 spiro atoms. The van der Waals surface area contributed by atoms with Crippen molar-refractivity contribution in [2.24, 2.45) is 5.92 Å². The van der Waals surface area contributed by atoms with Crippen LogP contribution in [0, 0.1) is 12.8 Å². The average Bonchev–Trinajstić information content (AvgIpc) is 2.27. The summed E-state index contributed by atoms with van der Waals surface area (Å²) in [6.45, 7) is 5.84. The molecule has 1 aliphatic heterocycles. The van der Waals surface area contributed by atoms with Crippen LogP contribution in [0.15, 0.2) is 17.0 Å². The van der Waals surface area contributed by atoms with Crippen molar-refractivity contribution in [3.8, 4) is 5.75 Å². The summed E-state index contributed by atoms with van der Waals surface area (Å²) in [5.74, 6) is 0.980. The number of rotatable bonds is 2. The maximum atomic E-state index is 12.4. The number of ether oxygens (including phenoxy) is 1. The Bertz CT molecular complexity index is 564. The van der Waals surface area contributed by atoms with Gasteiger partial charge < -0.3 is 10.1 Å². The van der Waals surface area contributed by atoms with Gasteiger partial charge in [-0.1, -0.05) is 19.9 Å². The molecule has 2 rings (SSSR count). The van der Waals surface area contributed by atoms with Gasteiger partial charge in [-0.3, -0.25) is 0 Å². The Labute approximate surface area is 108 Å². The summed E-state index contributed by atoms with van der Waals surface area (Å²) >= 11 is 0. The molecule has 1 aromatic carbocycles. The van der Waals surface area contributed by atoms with Gasteiger partial charge in [-0.2, -0.15) is 0 Å². The van der Waals surface area contributed by atoms with Crippen LogP contribution in [0.4, 0.5) is 5.69 Å². The van der Waals surface area contributed by atoms with Gasteiger partial charge in [0.25, 0.3) is 0 Å². The van der Waals surface area contributed by atoms with E-state index < -0.39 is 9.84 Å². The van der Waals surface area contributed by atoms with E-state index >= 15 is 0 Å². The summed E-state index contributed by atoms with van der Waals surface area (Å²) in [6, 6.07) is 3.52. The fourth-order valence-corrected chi connectivity index (χ4v) is 4.42. The van der Waals surface area contributed by atoms with E-state index in [0.29, 0.717) is 16.3 Å². The highest BCUT2D eigenvalue weighted by molar-refractivity contribution is 7.91. The van der Waals surface area contributed by atoms with E-state index in [4.69, 9.17) is 4.74 Å². The van der Waals surface area contributed by atoms with Crippen LogP contribution in [-0.4, -0.2) is 27.3 Å². The van der Waals surface area contributed by atoms with Crippen LogP contribution in [0.5, 0.6) is 5.75 Å². The van der Waals surface area contributed by atoms with Gasteiger partial charge >= 0.3 is 0 Å². The first kappa shape index (κ1) is 13.2.